The van der Waals surface area contributed by atoms with Crippen molar-refractivity contribution in [2.24, 2.45) is 0 Å². The highest BCUT2D eigenvalue weighted by atomic mass is 16.5. The molecule has 1 aromatic carbocycles. The van der Waals surface area contributed by atoms with Crippen LogP contribution < -0.4 is 15.6 Å². The lowest BCUT2D eigenvalue weighted by atomic mass is 10.2. The minimum absolute atomic E-state index is 0.228. The second kappa shape index (κ2) is 6.86. The van der Waals surface area contributed by atoms with Gasteiger partial charge >= 0.3 is 0 Å². The summed E-state index contributed by atoms with van der Waals surface area (Å²) in [6.45, 7) is 2.08. The van der Waals surface area contributed by atoms with Crippen molar-refractivity contribution in [2.75, 3.05) is 7.11 Å². The van der Waals surface area contributed by atoms with Crippen molar-refractivity contribution in [3.8, 4) is 5.75 Å². The zero-order chi connectivity index (χ0) is 17.1. The van der Waals surface area contributed by atoms with E-state index in [1.807, 2.05) is 24.3 Å². The number of methoxy groups -OCH3 is 1. The number of ether oxygens (including phenoxy) is 1. The smallest absolute Gasteiger partial charge is 0.267 e. The molecule has 1 aliphatic rings. The number of carbonyl (C=O) groups is 1. The first-order valence-corrected chi connectivity index (χ1v) is 8.09. The highest BCUT2D eigenvalue weighted by Gasteiger charge is 2.27. The van der Waals surface area contributed by atoms with Crippen LogP contribution >= 0.6 is 0 Å². The Bertz CT molecular complexity index is 779. The molecule has 0 radical (unpaired) electrons. The number of aromatic nitrogens is 2. The van der Waals surface area contributed by atoms with Crippen LogP contribution in [0.3, 0.4) is 0 Å². The largest absolute Gasteiger partial charge is 0.497 e. The molecule has 1 amide bonds. The normalized spacial score (nSPS) is 14.9. The van der Waals surface area contributed by atoms with E-state index in [0.717, 1.165) is 29.8 Å². The van der Waals surface area contributed by atoms with E-state index in [1.54, 1.807) is 20.1 Å². The maximum absolute atomic E-state index is 12.4. The standard InChI is InChI=1S/C18H21N3O3/c1-12(21-17(22)10-9-16(20-21)14-5-6-14)18(23)19-11-13-3-7-15(24-2)8-4-13/h3-4,7-10,12,14H,5-6,11H2,1-2H3,(H,19,23). The van der Waals surface area contributed by atoms with Crippen LogP contribution in [-0.4, -0.2) is 22.8 Å². The number of benzene rings is 1. The molecule has 1 heterocycles. The first-order valence-electron chi connectivity index (χ1n) is 8.09. The molecule has 6 heteroatoms. The van der Waals surface area contributed by atoms with Gasteiger partial charge in [0.2, 0.25) is 5.91 Å². The van der Waals surface area contributed by atoms with Crippen LogP contribution in [0.1, 0.15) is 43.0 Å². The number of hydrogen-bond donors (Lipinski definition) is 1. The number of carbonyl (C=O) groups excluding carboxylic acids is 1. The molecule has 0 aliphatic heterocycles. The zero-order valence-corrected chi connectivity index (χ0v) is 13.9. The second-order valence-electron chi connectivity index (χ2n) is 6.06. The van der Waals surface area contributed by atoms with E-state index in [4.69, 9.17) is 4.74 Å². The Morgan fingerprint density at radius 3 is 2.62 bits per heavy atom. The number of amides is 1. The van der Waals surface area contributed by atoms with Gasteiger partial charge in [-0.3, -0.25) is 9.59 Å². The van der Waals surface area contributed by atoms with Crippen LogP contribution in [0.2, 0.25) is 0 Å². The Morgan fingerprint density at radius 2 is 2.00 bits per heavy atom. The van der Waals surface area contributed by atoms with Crippen molar-refractivity contribution in [3.63, 3.8) is 0 Å². The molecule has 6 nitrogen and oxygen atoms in total. The first kappa shape index (κ1) is 16.2. The topological polar surface area (TPSA) is 73.2 Å². The fraction of sp³-hybridized carbons (Fsp3) is 0.389. The summed E-state index contributed by atoms with van der Waals surface area (Å²) in [4.78, 5) is 24.4. The third kappa shape index (κ3) is 3.64. The summed E-state index contributed by atoms with van der Waals surface area (Å²) < 4.78 is 6.38. The van der Waals surface area contributed by atoms with Gasteiger partial charge in [-0.05, 0) is 43.5 Å². The number of rotatable bonds is 6. The molecule has 1 N–H and O–H groups in total. The maximum atomic E-state index is 12.4. The monoisotopic (exact) mass is 327 g/mol. The van der Waals surface area contributed by atoms with Gasteiger partial charge in [-0.15, -0.1) is 0 Å². The summed E-state index contributed by atoms with van der Waals surface area (Å²) in [5, 5.41) is 7.21. The highest BCUT2D eigenvalue weighted by Crippen LogP contribution is 2.38. The van der Waals surface area contributed by atoms with Crippen LogP contribution in [0, 0.1) is 0 Å². The Hall–Kier alpha value is -2.63. The molecule has 0 bridgehead atoms. The molecule has 3 rings (SSSR count). The van der Waals surface area contributed by atoms with E-state index in [-0.39, 0.29) is 11.5 Å². The van der Waals surface area contributed by atoms with Gasteiger partial charge in [-0.25, -0.2) is 4.68 Å². The van der Waals surface area contributed by atoms with E-state index in [9.17, 15) is 9.59 Å². The fourth-order valence-electron chi connectivity index (χ4n) is 2.51. The van der Waals surface area contributed by atoms with Gasteiger partial charge in [-0.2, -0.15) is 5.10 Å². The molecule has 1 aromatic heterocycles. The van der Waals surface area contributed by atoms with E-state index in [2.05, 4.69) is 10.4 Å². The lowest BCUT2D eigenvalue weighted by molar-refractivity contribution is -0.124. The van der Waals surface area contributed by atoms with Gasteiger partial charge in [0, 0.05) is 18.5 Å². The zero-order valence-electron chi connectivity index (χ0n) is 13.9. The summed E-state index contributed by atoms with van der Waals surface area (Å²) in [5.41, 5.74) is 1.60. The summed E-state index contributed by atoms with van der Waals surface area (Å²) in [6, 6.07) is 10.1. The van der Waals surface area contributed by atoms with Gasteiger partial charge in [-0.1, -0.05) is 12.1 Å². The molecule has 2 aromatic rings. The number of hydrogen-bond acceptors (Lipinski definition) is 4. The molecule has 0 spiro atoms. The third-order valence-corrected chi connectivity index (χ3v) is 4.21. The van der Waals surface area contributed by atoms with Gasteiger partial charge in [0.05, 0.1) is 12.8 Å². The van der Waals surface area contributed by atoms with Crippen molar-refractivity contribution >= 4 is 5.91 Å². The van der Waals surface area contributed by atoms with Crippen molar-refractivity contribution in [3.05, 3.63) is 58.0 Å². The minimum Gasteiger partial charge on any atom is -0.497 e. The molecule has 1 saturated carbocycles. The molecular formula is C18H21N3O3. The Balaban J connectivity index is 1.65. The van der Waals surface area contributed by atoms with Crippen LogP contribution in [0.25, 0.3) is 0 Å². The molecule has 1 fully saturated rings. The fourth-order valence-corrected chi connectivity index (χ4v) is 2.51. The summed E-state index contributed by atoms with van der Waals surface area (Å²) in [5.74, 6) is 0.978. The van der Waals surface area contributed by atoms with Crippen molar-refractivity contribution < 1.29 is 9.53 Å². The minimum atomic E-state index is -0.644. The SMILES string of the molecule is COc1ccc(CNC(=O)C(C)n2nc(C3CC3)ccc2=O)cc1. The quantitative estimate of drug-likeness (QED) is 0.881. The second-order valence-corrected chi connectivity index (χ2v) is 6.06. The van der Waals surface area contributed by atoms with E-state index < -0.39 is 6.04 Å². The Labute approximate surface area is 140 Å². The highest BCUT2D eigenvalue weighted by molar-refractivity contribution is 5.79. The molecule has 0 saturated heterocycles. The summed E-state index contributed by atoms with van der Waals surface area (Å²) >= 11 is 0. The Kier molecular flexibility index (Phi) is 4.64. The van der Waals surface area contributed by atoms with Crippen molar-refractivity contribution in [1.29, 1.82) is 0 Å². The van der Waals surface area contributed by atoms with Crippen LogP contribution in [0.15, 0.2) is 41.2 Å². The van der Waals surface area contributed by atoms with Crippen molar-refractivity contribution in [2.45, 2.75) is 38.3 Å². The van der Waals surface area contributed by atoms with E-state index in [1.165, 1.54) is 10.7 Å². The predicted molar refractivity (Wildman–Crippen MR) is 90.0 cm³/mol. The molecule has 1 aliphatic carbocycles. The van der Waals surface area contributed by atoms with Crippen LogP contribution in [0.5, 0.6) is 5.75 Å². The predicted octanol–water partition coefficient (Wildman–Crippen LogP) is 2.01. The Morgan fingerprint density at radius 1 is 1.29 bits per heavy atom. The van der Waals surface area contributed by atoms with Gasteiger partial charge < -0.3 is 10.1 Å². The van der Waals surface area contributed by atoms with Crippen molar-refractivity contribution in [1.82, 2.24) is 15.1 Å². The molecule has 1 unspecified atom stereocenters. The number of nitrogens with zero attached hydrogens (tertiary/aromatic N) is 2. The maximum Gasteiger partial charge on any atom is 0.267 e. The van der Waals surface area contributed by atoms with E-state index >= 15 is 0 Å². The number of nitrogens with one attached hydrogen (secondary N) is 1. The van der Waals surface area contributed by atoms with Crippen LogP contribution in [-0.2, 0) is 11.3 Å². The van der Waals surface area contributed by atoms with Gasteiger partial charge in [0.25, 0.3) is 5.56 Å². The van der Waals surface area contributed by atoms with Gasteiger partial charge in [0.1, 0.15) is 11.8 Å². The summed E-state index contributed by atoms with van der Waals surface area (Å²) in [7, 11) is 1.61. The van der Waals surface area contributed by atoms with Crippen LogP contribution in [0.4, 0.5) is 0 Å². The molecular weight excluding hydrogens is 306 g/mol. The van der Waals surface area contributed by atoms with E-state index in [0.29, 0.717) is 12.5 Å². The first-order chi connectivity index (χ1) is 11.6. The average molecular weight is 327 g/mol. The molecule has 24 heavy (non-hydrogen) atoms. The summed E-state index contributed by atoms with van der Waals surface area (Å²) in [6.07, 6.45) is 2.20. The average Bonchev–Trinajstić information content (AvgIpc) is 3.45. The lowest BCUT2D eigenvalue weighted by Crippen LogP contribution is -2.37. The molecule has 1 atom stereocenters. The van der Waals surface area contributed by atoms with Gasteiger partial charge in [0.15, 0.2) is 0 Å². The third-order valence-electron chi connectivity index (χ3n) is 4.21. The lowest BCUT2D eigenvalue weighted by Gasteiger charge is -2.15. The molecule has 126 valence electrons.